The number of amides is 4. The standard InChI is InChI=1S/C45H46N6O10/c1-44(2,3)60-42(57)51(43(58)61-45(4,5)6)40-47-38-37(39(55)48-40)29(21-20-28-14-8-7-9-15-28)24-50(38)25-35(52)49(26-36(53)54)23-22-46-41(56)59-27-34-32-18-12-10-16-30(32)31-17-11-13-19-33(31)34/h7-19,24,34H,22-23,25-27H2,1-6H3,(H,46,56)(H,53,54)(H,47,48,55). The van der Waals surface area contributed by atoms with Crippen LogP contribution in [-0.4, -0.2) is 92.1 Å². The lowest BCUT2D eigenvalue weighted by molar-refractivity contribution is -0.144. The van der Waals surface area contributed by atoms with Gasteiger partial charge in [0.05, 0.1) is 10.9 Å². The molecular formula is C45H46N6O10. The van der Waals surface area contributed by atoms with Crippen molar-refractivity contribution in [3.63, 3.8) is 0 Å². The second-order valence-electron chi connectivity index (χ2n) is 16.1. The number of carboxylic acids is 1. The van der Waals surface area contributed by atoms with E-state index in [4.69, 9.17) is 14.2 Å². The molecule has 0 aliphatic heterocycles. The van der Waals surface area contributed by atoms with E-state index in [0.717, 1.165) is 27.2 Å². The van der Waals surface area contributed by atoms with Gasteiger partial charge in [-0.1, -0.05) is 78.6 Å². The molecule has 61 heavy (non-hydrogen) atoms. The first-order valence-electron chi connectivity index (χ1n) is 19.4. The number of fused-ring (bicyclic) bond motifs is 4. The van der Waals surface area contributed by atoms with Crippen LogP contribution in [0.1, 0.15) is 69.7 Å². The van der Waals surface area contributed by atoms with Crippen LogP contribution in [0.25, 0.3) is 22.2 Å². The Morgan fingerprint density at radius 2 is 1.41 bits per heavy atom. The van der Waals surface area contributed by atoms with Gasteiger partial charge in [0.1, 0.15) is 30.9 Å². The molecule has 0 atom stereocenters. The Kier molecular flexibility index (Phi) is 12.6. The Bertz CT molecular complexity index is 2540. The topological polar surface area (TPSA) is 202 Å². The van der Waals surface area contributed by atoms with Crippen molar-refractivity contribution >= 4 is 47.1 Å². The van der Waals surface area contributed by atoms with Crippen molar-refractivity contribution < 1.29 is 43.3 Å². The first kappa shape index (κ1) is 43.2. The molecule has 4 amide bonds. The van der Waals surface area contributed by atoms with E-state index >= 15 is 0 Å². The summed E-state index contributed by atoms with van der Waals surface area (Å²) in [5.74, 6) is 3.12. The summed E-state index contributed by atoms with van der Waals surface area (Å²) in [5.41, 5.74) is 1.88. The second kappa shape index (κ2) is 17.8. The normalized spacial score (nSPS) is 12.0. The first-order chi connectivity index (χ1) is 28.9. The fraction of sp³-hybridized carbons (Fsp3) is 0.311. The number of hydrogen-bond acceptors (Lipinski definition) is 10. The largest absolute Gasteiger partial charge is 0.480 e. The SMILES string of the molecule is CC(C)(C)OC(=O)N(C(=O)OC(C)(C)C)c1nc2c(c(C#Cc3ccccc3)cn2CC(=O)N(CCNC(=O)OCC2c3ccccc3-c3ccccc32)CC(=O)O)c(=O)[nH]1. The van der Waals surface area contributed by atoms with Gasteiger partial charge in [-0.2, -0.15) is 4.98 Å². The van der Waals surface area contributed by atoms with E-state index in [1.807, 2.05) is 54.6 Å². The van der Waals surface area contributed by atoms with Crippen molar-refractivity contribution in [2.24, 2.45) is 0 Å². The molecule has 0 fully saturated rings. The van der Waals surface area contributed by atoms with Gasteiger partial charge in [-0.3, -0.25) is 19.4 Å². The maximum atomic E-state index is 13.9. The number of imide groups is 1. The Hall–Kier alpha value is -7.41. The molecule has 6 rings (SSSR count). The third-order valence-electron chi connectivity index (χ3n) is 9.17. The number of aromatic amines is 1. The monoisotopic (exact) mass is 830 g/mol. The van der Waals surface area contributed by atoms with Gasteiger partial charge in [0.2, 0.25) is 11.9 Å². The van der Waals surface area contributed by atoms with E-state index in [1.165, 1.54) is 10.8 Å². The summed E-state index contributed by atoms with van der Waals surface area (Å²) in [4.78, 5) is 87.9. The van der Waals surface area contributed by atoms with Gasteiger partial charge in [0, 0.05) is 30.8 Å². The third kappa shape index (κ3) is 10.6. The summed E-state index contributed by atoms with van der Waals surface area (Å²) >= 11 is 0. The van der Waals surface area contributed by atoms with Crippen molar-refractivity contribution in [1.29, 1.82) is 0 Å². The molecule has 1 aliphatic carbocycles. The van der Waals surface area contributed by atoms with Crippen LogP contribution in [0.5, 0.6) is 0 Å². The molecule has 0 unspecified atom stereocenters. The van der Waals surface area contributed by atoms with Crippen molar-refractivity contribution in [1.82, 2.24) is 24.8 Å². The highest BCUT2D eigenvalue weighted by Gasteiger charge is 2.35. The minimum atomic E-state index is -1.32. The van der Waals surface area contributed by atoms with Crippen LogP contribution >= 0.6 is 0 Å². The minimum Gasteiger partial charge on any atom is -0.480 e. The zero-order valence-corrected chi connectivity index (χ0v) is 34.6. The number of carbonyl (C=O) groups excluding carboxylic acids is 4. The van der Waals surface area contributed by atoms with Crippen LogP contribution in [0, 0.1) is 11.8 Å². The summed E-state index contributed by atoms with van der Waals surface area (Å²) in [6.07, 6.45) is -1.75. The van der Waals surface area contributed by atoms with E-state index < -0.39 is 66.0 Å². The highest BCUT2D eigenvalue weighted by molar-refractivity contribution is 6.08. The number of carbonyl (C=O) groups is 5. The highest BCUT2D eigenvalue weighted by atomic mass is 16.6. The number of aliphatic carboxylic acids is 1. The summed E-state index contributed by atoms with van der Waals surface area (Å²) < 4.78 is 17.8. The summed E-state index contributed by atoms with van der Waals surface area (Å²) in [6, 6.07) is 24.7. The molecule has 0 spiro atoms. The van der Waals surface area contributed by atoms with Gasteiger partial charge in [-0.25, -0.2) is 14.4 Å². The lowest BCUT2D eigenvalue weighted by atomic mass is 9.98. The molecule has 0 bridgehead atoms. The number of H-pyrrole nitrogens is 1. The van der Waals surface area contributed by atoms with Crippen LogP contribution in [0.4, 0.5) is 20.3 Å². The molecule has 5 aromatic rings. The Balaban J connectivity index is 1.25. The molecule has 2 aromatic heterocycles. The van der Waals surface area contributed by atoms with E-state index in [1.54, 1.807) is 65.8 Å². The van der Waals surface area contributed by atoms with Crippen LogP contribution in [0.15, 0.2) is 89.9 Å². The van der Waals surface area contributed by atoms with E-state index in [2.05, 4.69) is 27.1 Å². The average molecular weight is 831 g/mol. The number of aromatic nitrogens is 3. The summed E-state index contributed by atoms with van der Waals surface area (Å²) in [6.45, 7) is 7.91. The maximum Gasteiger partial charge on any atom is 0.427 e. The van der Waals surface area contributed by atoms with Crippen LogP contribution < -0.4 is 15.8 Å². The molecule has 316 valence electrons. The Morgan fingerprint density at radius 1 is 0.836 bits per heavy atom. The lowest BCUT2D eigenvalue weighted by Gasteiger charge is -2.27. The number of alkyl carbamates (subject to hydrolysis) is 1. The molecule has 3 N–H and O–H groups in total. The van der Waals surface area contributed by atoms with Crippen molar-refractivity contribution in [3.8, 4) is 23.0 Å². The first-order valence-corrected chi connectivity index (χ1v) is 19.4. The maximum absolute atomic E-state index is 13.9. The van der Waals surface area contributed by atoms with Crippen LogP contribution in [0.2, 0.25) is 0 Å². The van der Waals surface area contributed by atoms with Crippen molar-refractivity contribution in [2.45, 2.75) is 65.2 Å². The van der Waals surface area contributed by atoms with E-state index in [0.29, 0.717) is 10.5 Å². The number of nitrogens with one attached hydrogen (secondary N) is 2. The zero-order chi connectivity index (χ0) is 44.1. The Morgan fingerprint density at radius 3 is 1.98 bits per heavy atom. The summed E-state index contributed by atoms with van der Waals surface area (Å²) in [7, 11) is 0. The molecule has 0 radical (unpaired) electrons. The molecule has 0 saturated carbocycles. The van der Waals surface area contributed by atoms with Gasteiger partial charge in [-0.15, -0.1) is 4.90 Å². The second-order valence-corrected chi connectivity index (χ2v) is 16.1. The number of anilines is 1. The number of rotatable bonds is 10. The van der Waals surface area contributed by atoms with Gasteiger partial charge >= 0.3 is 24.2 Å². The fourth-order valence-corrected chi connectivity index (χ4v) is 6.67. The molecule has 2 heterocycles. The smallest absolute Gasteiger partial charge is 0.427 e. The number of carboxylic acid groups (broad SMARTS) is 1. The lowest BCUT2D eigenvalue weighted by Crippen LogP contribution is -2.45. The Labute approximate surface area is 351 Å². The average Bonchev–Trinajstić information content (AvgIpc) is 3.69. The minimum absolute atomic E-state index is 0.0568. The number of ether oxygens (including phenoxy) is 3. The van der Waals surface area contributed by atoms with Gasteiger partial charge < -0.3 is 34.1 Å². The van der Waals surface area contributed by atoms with Gasteiger partial charge in [0.15, 0.2) is 5.65 Å². The number of hydrogen-bond donors (Lipinski definition) is 3. The van der Waals surface area contributed by atoms with E-state index in [-0.39, 0.29) is 42.2 Å². The zero-order valence-electron chi connectivity index (χ0n) is 34.6. The summed E-state index contributed by atoms with van der Waals surface area (Å²) in [5, 5.41) is 12.3. The molecule has 1 aliphatic rings. The molecule has 3 aromatic carbocycles. The molecule has 0 saturated heterocycles. The van der Waals surface area contributed by atoms with Crippen molar-refractivity contribution in [2.75, 3.05) is 31.1 Å². The van der Waals surface area contributed by atoms with Crippen molar-refractivity contribution in [3.05, 3.63) is 118 Å². The number of nitrogens with zero attached hydrogens (tertiary/aromatic N) is 4. The van der Waals surface area contributed by atoms with Gasteiger partial charge in [0.25, 0.3) is 5.56 Å². The fourth-order valence-electron chi connectivity index (χ4n) is 6.67. The molecular weight excluding hydrogens is 785 g/mol. The van der Waals surface area contributed by atoms with Crippen LogP contribution in [0.3, 0.4) is 0 Å². The molecule has 16 heteroatoms. The quantitative estimate of drug-likeness (QED) is 0.106. The predicted octanol–water partition coefficient (Wildman–Crippen LogP) is 6.25. The molecule has 16 nitrogen and oxygen atoms in total. The van der Waals surface area contributed by atoms with Gasteiger partial charge in [-0.05, 0) is 75.9 Å². The van der Waals surface area contributed by atoms with Crippen LogP contribution in [-0.2, 0) is 30.3 Å². The third-order valence-corrected chi connectivity index (χ3v) is 9.17. The predicted molar refractivity (Wildman–Crippen MR) is 225 cm³/mol. The highest BCUT2D eigenvalue weighted by Crippen LogP contribution is 2.44. The van der Waals surface area contributed by atoms with E-state index in [9.17, 15) is 33.9 Å². The number of benzene rings is 3.